The largest absolute Gasteiger partial charge is 0.495 e. The number of nitrogens with two attached hydrogens (primary N) is 1. The molecule has 0 radical (unpaired) electrons. The number of nitrogens with one attached hydrogen (secondary N) is 1. The normalized spacial score (nSPS) is 13.0. The summed E-state index contributed by atoms with van der Waals surface area (Å²) in [6.07, 6.45) is 0. The molecule has 0 fully saturated rings. The van der Waals surface area contributed by atoms with E-state index < -0.39 is 17.4 Å². The van der Waals surface area contributed by atoms with E-state index >= 15 is 0 Å². The van der Waals surface area contributed by atoms with E-state index in [4.69, 9.17) is 10.5 Å². The van der Waals surface area contributed by atoms with Crippen molar-refractivity contribution in [2.45, 2.75) is 0 Å². The van der Waals surface area contributed by atoms with E-state index in [1.54, 1.807) is 18.2 Å². The van der Waals surface area contributed by atoms with Crippen LogP contribution in [0.3, 0.4) is 0 Å². The van der Waals surface area contributed by atoms with Crippen LogP contribution < -0.4 is 21.3 Å². The molecular formula is C14H10BrN3O4. The van der Waals surface area contributed by atoms with Crippen LogP contribution in [0.2, 0.25) is 0 Å². The fourth-order valence-corrected chi connectivity index (χ4v) is 2.74. The first-order chi connectivity index (χ1) is 10.4. The third-order valence-corrected chi connectivity index (χ3v) is 4.00. The van der Waals surface area contributed by atoms with Gasteiger partial charge in [-0.3, -0.25) is 24.3 Å². The lowest BCUT2D eigenvalue weighted by Gasteiger charge is -2.13. The van der Waals surface area contributed by atoms with Gasteiger partial charge in [0.05, 0.1) is 28.4 Å². The molecule has 2 heterocycles. The number of nitrogen functional groups attached to an aromatic ring is 1. The molecule has 22 heavy (non-hydrogen) atoms. The molecule has 3 N–H and O–H groups in total. The predicted molar refractivity (Wildman–Crippen MR) is 82.5 cm³/mol. The van der Waals surface area contributed by atoms with Gasteiger partial charge in [-0.2, -0.15) is 0 Å². The molecule has 8 heteroatoms. The van der Waals surface area contributed by atoms with Crippen LogP contribution in [-0.4, -0.2) is 23.5 Å². The van der Waals surface area contributed by atoms with Crippen molar-refractivity contribution in [2.24, 2.45) is 0 Å². The van der Waals surface area contributed by atoms with Gasteiger partial charge in [0, 0.05) is 12.1 Å². The minimum Gasteiger partial charge on any atom is -0.495 e. The second-order valence-corrected chi connectivity index (χ2v) is 5.45. The van der Waals surface area contributed by atoms with Crippen molar-refractivity contribution in [1.29, 1.82) is 0 Å². The van der Waals surface area contributed by atoms with E-state index in [-0.39, 0.29) is 16.9 Å². The summed E-state index contributed by atoms with van der Waals surface area (Å²) in [5.74, 6) is -0.820. The third kappa shape index (κ3) is 2.00. The lowest BCUT2D eigenvalue weighted by atomic mass is 10.1. The van der Waals surface area contributed by atoms with Gasteiger partial charge in [-0.05, 0) is 28.1 Å². The summed E-state index contributed by atoms with van der Waals surface area (Å²) >= 11 is 3.31. The fraction of sp³-hybridized carbons (Fsp3) is 0.0714. The molecule has 1 aromatic heterocycles. The Kier molecular flexibility index (Phi) is 3.25. The number of ether oxygens (including phenoxy) is 1. The van der Waals surface area contributed by atoms with Crippen LogP contribution in [0, 0.1) is 0 Å². The molecule has 1 aliphatic heterocycles. The Hall–Kier alpha value is -2.61. The van der Waals surface area contributed by atoms with Gasteiger partial charge < -0.3 is 10.5 Å². The lowest BCUT2D eigenvalue weighted by Crippen LogP contribution is -2.24. The topological polar surface area (TPSA) is 103 Å². The molecule has 0 bridgehead atoms. The molecule has 0 atom stereocenters. The molecule has 0 aliphatic carbocycles. The van der Waals surface area contributed by atoms with Crippen molar-refractivity contribution < 1.29 is 14.3 Å². The molecule has 1 aromatic carbocycles. The van der Waals surface area contributed by atoms with Crippen molar-refractivity contribution in [2.75, 3.05) is 12.8 Å². The average molecular weight is 364 g/mol. The maximum atomic E-state index is 12.3. The van der Waals surface area contributed by atoms with Crippen LogP contribution in [-0.2, 0) is 0 Å². The number of aromatic nitrogens is 1. The van der Waals surface area contributed by atoms with E-state index in [1.165, 1.54) is 7.11 Å². The number of rotatable bonds is 2. The smallest absolute Gasteiger partial charge is 0.262 e. The van der Waals surface area contributed by atoms with E-state index in [0.717, 1.165) is 10.6 Å². The lowest BCUT2D eigenvalue weighted by molar-refractivity contribution is 0.0880. The SMILES string of the molecule is COc1cc(-n2c(N)c3c(cc2=O)C(=O)NC3=O)ccc1Br. The Balaban J connectivity index is 2.30. The highest BCUT2D eigenvalue weighted by Gasteiger charge is 2.31. The molecule has 2 amide bonds. The van der Waals surface area contributed by atoms with Crippen molar-refractivity contribution in [3.8, 4) is 11.4 Å². The first kappa shape index (κ1) is 14.3. The maximum absolute atomic E-state index is 12.3. The Morgan fingerprint density at radius 1 is 1.18 bits per heavy atom. The van der Waals surface area contributed by atoms with Gasteiger partial charge in [-0.1, -0.05) is 0 Å². The maximum Gasteiger partial charge on any atom is 0.262 e. The van der Waals surface area contributed by atoms with E-state index in [9.17, 15) is 14.4 Å². The second-order valence-electron chi connectivity index (χ2n) is 4.59. The summed E-state index contributed by atoms with van der Waals surface area (Å²) in [4.78, 5) is 35.7. The number of carbonyl (C=O) groups is 2. The summed E-state index contributed by atoms with van der Waals surface area (Å²) in [6.45, 7) is 0. The van der Waals surface area contributed by atoms with Crippen LogP contribution in [0.15, 0.2) is 33.5 Å². The summed E-state index contributed by atoms with van der Waals surface area (Å²) in [6, 6.07) is 6.04. The number of imide groups is 1. The van der Waals surface area contributed by atoms with Gasteiger partial charge >= 0.3 is 0 Å². The highest BCUT2D eigenvalue weighted by molar-refractivity contribution is 9.10. The van der Waals surface area contributed by atoms with Crippen molar-refractivity contribution in [3.05, 3.63) is 50.2 Å². The summed E-state index contributed by atoms with van der Waals surface area (Å²) in [7, 11) is 1.49. The molecule has 0 saturated heterocycles. The fourth-order valence-electron chi connectivity index (χ4n) is 2.33. The quantitative estimate of drug-likeness (QED) is 0.776. The number of pyridine rings is 1. The molecule has 3 rings (SSSR count). The van der Waals surface area contributed by atoms with Crippen LogP contribution >= 0.6 is 15.9 Å². The minimum absolute atomic E-state index is 0.00601. The highest BCUT2D eigenvalue weighted by Crippen LogP contribution is 2.29. The zero-order valence-corrected chi connectivity index (χ0v) is 12.9. The monoisotopic (exact) mass is 363 g/mol. The highest BCUT2D eigenvalue weighted by atomic mass is 79.9. The number of anilines is 1. The number of nitrogens with zero attached hydrogens (tertiary/aromatic N) is 1. The van der Waals surface area contributed by atoms with Crippen molar-refractivity contribution in [3.63, 3.8) is 0 Å². The van der Waals surface area contributed by atoms with E-state index in [0.29, 0.717) is 15.9 Å². The number of methoxy groups -OCH3 is 1. The van der Waals surface area contributed by atoms with Gasteiger partial charge in [0.15, 0.2) is 0 Å². The number of hydrogen-bond acceptors (Lipinski definition) is 5. The molecule has 7 nitrogen and oxygen atoms in total. The second kappa shape index (κ2) is 4.99. The number of amides is 2. The minimum atomic E-state index is -0.621. The predicted octanol–water partition coefficient (Wildman–Crippen LogP) is 1.07. The van der Waals surface area contributed by atoms with Crippen LogP contribution in [0.5, 0.6) is 5.75 Å². The number of carbonyl (C=O) groups excluding carboxylic acids is 2. The number of halogens is 1. The Bertz CT molecular complexity index is 888. The average Bonchev–Trinajstić information content (AvgIpc) is 2.75. The van der Waals surface area contributed by atoms with Crippen LogP contribution in [0.1, 0.15) is 20.7 Å². The summed E-state index contributed by atoms with van der Waals surface area (Å²) in [5, 5.41) is 2.12. The molecule has 112 valence electrons. The van der Waals surface area contributed by atoms with Crippen molar-refractivity contribution in [1.82, 2.24) is 9.88 Å². The van der Waals surface area contributed by atoms with Gasteiger partial charge in [0.2, 0.25) is 0 Å². The van der Waals surface area contributed by atoms with E-state index in [2.05, 4.69) is 21.2 Å². The van der Waals surface area contributed by atoms with Gasteiger partial charge in [-0.25, -0.2) is 0 Å². The zero-order chi connectivity index (χ0) is 16.0. The molecule has 1 aliphatic rings. The van der Waals surface area contributed by atoms with E-state index in [1.807, 2.05) is 0 Å². The molecule has 0 unspecified atom stereocenters. The van der Waals surface area contributed by atoms with Gasteiger partial charge in [0.1, 0.15) is 11.6 Å². The first-order valence-corrected chi connectivity index (χ1v) is 6.98. The molecule has 0 saturated carbocycles. The zero-order valence-electron chi connectivity index (χ0n) is 11.3. The third-order valence-electron chi connectivity index (χ3n) is 3.35. The van der Waals surface area contributed by atoms with Crippen molar-refractivity contribution >= 4 is 33.6 Å². The van der Waals surface area contributed by atoms with Crippen LogP contribution in [0.4, 0.5) is 5.82 Å². The Morgan fingerprint density at radius 2 is 1.91 bits per heavy atom. The van der Waals surface area contributed by atoms with Gasteiger partial charge in [0.25, 0.3) is 17.4 Å². The number of benzene rings is 1. The Labute approximate surface area is 132 Å². The number of hydrogen-bond donors (Lipinski definition) is 2. The van der Waals surface area contributed by atoms with Crippen LogP contribution in [0.25, 0.3) is 5.69 Å². The molecular weight excluding hydrogens is 354 g/mol. The Morgan fingerprint density at radius 3 is 2.59 bits per heavy atom. The standard InChI is InChI=1S/C14H10BrN3O4/c1-22-9-4-6(2-3-8(9)15)18-10(19)5-7-11(12(18)16)14(21)17-13(7)20/h2-5H,16H2,1H3,(H,17,20,21). The molecule has 0 spiro atoms. The van der Waals surface area contributed by atoms with Gasteiger partial charge in [-0.15, -0.1) is 0 Å². The molecule has 2 aromatic rings. The first-order valence-electron chi connectivity index (χ1n) is 6.19. The number of fused-ring (bicyclic) bond motifs is 1. The summed E-state index contributed by atoms with van der Waals surface area (Å²) < 4.78 is 7.05. The summed E-state index contributed by atoms with van der Waals surface area (Å²) in [5.41, 5.74) is 5.87.